The number of methoxy groups -OCH3 is 1. The third-order valence-corrected chi connectivity index (χ3v) is 9.31. The quantitative estimate of drug-likeness (QED) is 0.145. The monoisotopic (exact) mass is 679 g/mol. The van der Waals surface area contributed by atoms with Crippen LogP contribution in [-0.4, -0.2) is 58.6 Å². The van der Waals surface area contributed by atoms with E-state index in [1.165, 1.54) is 30.5 Å². The standard InChI is InChI=1S/C36H45F2N6O3S/c1-35(2,3)32(36(4,5)6)28-10-8-13-44(28)14-9-15-47-30-19-26-24(18-29(30)46-7)33(41-21-40-26)43-34-39-20-23(48-34)17-31(45)42-27-16-22(37)11-12-25(27)38/h11-12,16,18-21,28H,8-10,13-15,17H2,1-7H3,(H,42,45)(H,39,40,41,43)/t28-/m0/s1. The summed E-state index contributed by atoms with van der Waals surface area (Å²) in [5.74, 6) is 1.47. The molecule has 0 bridgehead atoms. The summed E-state index contributed by atoms with van der Waals surface area (Å²) in [5, 5.41) is 6.83. The zero-order valence-electron chi connectivity index (χ0n) is 28.7. The Labute approximate surface area is 285 Å². The van der Waals surface area contributed by atoms with E-state index in [1.807, 2.05) is 12.1 Å². The van der Waals surface area contributed by atoms with E-state index in [1.54, 1.807) is 19.2 Å². The molecule has 1 aliphatic rings. The summed E-state index contributed by atoms with van der Waals surface area (Å²) in [6.45, 7) is 16.6. The fraction of sp³-hybridized carbons (Fsp3) is 0.472. The summed E-state index contributed by atoms with van der Waals surface area (Å²) in [6, 6.07) is 7.08. The van der Waals surface area contributed by atoms with E-state index >= 15 is 0 Å². The van der Waals surface area contributed by atoms with Crippen molar-refractivity contribution in [1.82, 2.24) is 19.9 Å². The van der Waals surface area contributed by atoms with Gasteiger partial charge < -0.3 is 20.1 Å². The summed E-state index contributed by atoms with van der Waals surface area (Å²) in [6.07, 6.45) is 6.26. The molecule has 9 nitrogen and oxygen atoms in total. The highest BCUT2D eigenvalue weighted by molar-refractivity contribution is 7.15. The van der Waals surface area contributed by atoms with Gasteiger partial charge in [-0.25, -0.2) is 23.7 Å². The summed E-state index contributed by atoms with van der Waals surface area (Å²) in [5.41, 5.74) is 0.742. The van der Waals surface area contributed by atoms with Gasteiger partial charge in [0.1, 0.15) is 23.8 Å². The minimum atomic E-state index is -0.712. The van der Waals surface area contributed by atoms with Crippen molar-refractivity contribution in [3.05, 3.63) is 65.3 Å². The number of aromatic nitrogens is 3. The van der Waals surface area contributed by atoms with Crippen LogP contribution in [0.3, 0.4) is 0 Å². The van der Waals surface area contributed by atoms with E-state index in [9.17, 15) is 13.6 Å². The number of rotatable bonds is 12. The molecule has 4 aromatic rings. The molecule has 48 heavy (non-hydrogen) atoms. The van der Waals surface area contributed by atoms with Gasteiger partial charge in [0.2, 0.25) is 5.91 Å². The van der Waals surface area contributed by atoms with Crippen LogP contribution in [0.4, 0.5) is 25.4 Å². The second-order valence-electron chi connectivity index (χ2n) is 14.2. The lowest BCUT2D eigenvalue weighted by Crippen LogP contribution is -2.46. The number of fused-ring (bicyclic) bond motifs is 1. The van der Waals surface area contributed by atoms with Crippen molar-refractivity contribution in [2.24, 2.45) is 10.8 Å². The average Bonchev–Trinajstić information content (AvgIpc) is 3.64. The highest BCUT2D eigenvalue weighted by Crippen LogP contribution is 2.48. The molecule has 5 rings (SSSR count). The Morgan fingerprint density at radius 3 is 2.54 bits per heavy atom. The van der Waals surface area contributed by atoms with Crippen molar-refractivity contribution in [2.45, 2.75) is 73.3 Å². The number of anilines is 3. The molecule has 1 fully saturated rings. The number of nitrogens with one attached hydrogen (secondary N) is 2. The summed E-state index contributed by atoms with van der Waals surface area (Å²) in [4.78, 5) is 29.0. The predicted octanol–water partition coefficient (Wildman–Crippen LogP) is 8.20. The fourth-order valence-corrected chi connectivity index (χ4v) is 7.74. The number of amides is 1. The van der Waals surface area contributed by atoms with Crippen LogP contribution < -0.4 is 20.1 Å². The predicted molar refractivity (Wildman–Crippen MR) is 187 cm³/mol. The Kier molecular flexibility index (Phi) is 10.8. The first kappa shape index (κ1) is 35.4. The van der Waals surface area contributed by atoms with Gasteiger partial charge in [-0.05, 0) is 54.8 Å². The van der Waals surface area contributed by atoms with Crippen molar-refractivity contribution < 1.29 is 23.0 Å². The second kappa shape index (κ2) is 14.7. The van der Waals surface area contributed by atoms with Gasteiger partial charge in [0.05, 0.1) is 31.3 Å². The molecule has 1 saturated heterocycles. The third kappa shape index (κ3) is 8.57. The number of benzene rings is 2. The van der Waals surface area contributed by atoms with Gasteiger partial charge in [-0.15, -0.1) is 11.3 Å². The zero-order chi connectivity index (χ0) is 34.6. The Hall–Kier alpha value is -3.90. The van der Waals surface area contributed by atoms with Crippen LogP contribution in [0, 0.1) is 28.4 Å². The molecule has 12 heteroatoms. The largest absolute Gasteiger partial charge is 0.493 e. The Morgan fingerprint density at radius 2 is 1.81 bits per heavy atom. The minimum Gasteiger partial charge on any atom is -0.493 e. The van der Waals surface area contributed by atoms with E-state index in [-0.39, 0.29) is 22.9 Å². The normalized spacial score (nSPS) is 15.7. The summed E-state index contributed by atoms with van der Waals surface area (Å²) < 4.78 is 39.3. The molecule has 0 spiro atoms. The third-order valence-electron chi connectivity index (χ3n) is 8.40. The van der Waals surface area contributed by atoms with Gasteiger partial charge in [0, 0.05) is 47.1 Å². The molecule has 0 unspecified atom stereocenters. The SMILES string of the molecule is COc1cc2c(Nc3ncc(CC(=O)Nc4cc(F)ccc4F)s3)ncnc2cc1OCCCN1CCC[C@H]1[C](C(C)(C)C)C(C)(C)C. The van der Waals surface area contributed by atoms with Gasteiger partial charge in [-0.1, -0.05) is 41.5 Å². The molecule has 2 aromatic carbocycles. The number of hydrogen-bond acceptors (Lipinski definition) is 9. The van der Waals surface area contributed by atoms with E-state index in [0.717, 1.165) is 37.7 Å². The zero-order valence-corrected chi connectivity index (χ0v) is 29.6. The molecular weight excluding hydrogens is 634 g/mol. The van der Waals surface area contributed by atoms with Crippen LogP contribution in [-0.2, 0) is 11.2 Å². The number of ether oxygens (including phenoxy) is 2. The van der Waals surface area contributed by atoms with Crippen LogP contribution in [0.2, 0.25) is 0 Å². The lowest BCUT2D eigenvalue weighted by molar-refractivity contribution is -0.115. The Morgan fingerprint density at radius 1 is 1.04 bits per heavy atom. The van der Waals surface area contributed by atoms with Crippen molar-refractivity contribution >= 4 is 44.8 Å². The van der Waals surface area contributed by atoms with Crippen LogP contribution in [0.1, 0.15) is 65.7 Å². The van der Waals surface area contributed by atoms with Crippen molar-refractivity contribution in [2.75, 3.05) is 37.4 Å². The Bertz CT molecular complexity index is 1720. The van der Waals surface area contributed by atoms with Gasteiger partial charge in [-0.2, -0.15) is 0 Å². The molecule has 2 aromatic heterocycles. The minimum absolute atomic E-state index is 0.0562. The first-order valence-electron chi connectivity index (χ1n) is 16.3. The smallest absolute Gasteiger partial charge is 0.229 e. The highest BCUT2D eigenvalue weighted by Gasteiger charge is 2.44. The topological polar surface area (TPSA) is 102 Å². The maximum atomic E-state index is 13.9. The molecule has 3 heterocycles. The molecule has 1 atom stereocenters. The van der Waals surface area contributed by atoms with E-state index in [0.29, 0.717) is 50.9 Å². The molecule has 257 valence electrons. The van der Waals surface area contributed by atoms with Gasteiger partial charge >= 0.3 is 0 Å². The average molecular weight is 680 g/mol. The lowest BCUT2D eigenvalue weighted by Gasteiger charge is -2.46. The first-order chi connectivity index (χ1) is 22.7. The molecule has 1 aliphatic heterocycles. The molecule has 2 N–H and O–H groups in total. The summed E-state index contributed by atoms with van der Waals surface area (Å²) in [7, 11) is 1.60. The number of carbonyl (C=O) groups excluding carboxylic acids is 1. The molecule has 1 amide bonds. The summed E-state index contributed by atoms with van der Waals surface area (Å²) >= 11 is 1.25. The maximum Gasteiger partial charge on any atom is 0.229 e. The number of carbonyl (C=O) groups is 1. The van der Waals surface area contributed by atoms with Crippen LogP contribution in [0.15, 0.2) is 42.9 Å². The van der Waals surface area contributed by atoms with Gasteiger partial charge in [-0.3, -0.25) is 9.69 Å². The lowest BCUT2D eigenvalue weighted by atomic mass is 9.63. The van der Waals surface area contributed by atoms with Crippen molar-refractivity contribution in [1.29, 1.82) is 0 Å². The molecular formula is C36H45F2N6O3S. The van der Waals surface area contributed by atoms with Gasteiger partial charge in [0.15, 0.2) is 16.6 Å². The van der Waals surface area contributed by atoms with Crippen molar-refractivity contribution in [3.63, 3.8) is 0 Å². The number of likely N-dealkylation sites (tertiary alicyclic amines) is 1. The fourth-order valence-electron chi connectivity index (χ4n) is 6.93. The number of hydrogen-bond donors (Lipinski definition) is 2. The van der Waals surface area contributed by atoms with E-state index < -0.39 is 17.5 Å². The number of halogens is 2. The van der Waals surface area contributed by atoms with Crippen molar-refractivity contribution in [3.8, 4) is 11.5 Å². The first-order valence-corrected chi connectivity index (χ1v) is 17.1. The molecule has 0 aliphatic carbocycles. The number of nitrogens with zero attached hydrogens (tertiary/aromatic N) is 4. The van der Waals surface area contributed by atoms with Crippen LogP contribution in [0.5, 0.6) is 11.5 Å². The van der Waals surface area contributed by atoms with E-state index in [2.05, 4.69) is 72.0 Å². The maximum absolute atomic E-state index is 13.9. The molecule has 0 saturated carbocycles. The Balaban J connectivity index is 1.21. The molecule has 1 radical (unpaired) electrons. The van der Waals surface area contributed by atoms with Crippen LogP contribution in [0.25, 0.3) is 10.9 Å². The van der Waals surface area contributed by atoms with E-state index in [4.69, 9.17) is 9.47 Å². The number of thiazole rings is 1. The van der Waals surface area contributed by atoms with Gasteiger partial charge in [0.25, 0.3) is 0 Å². The highest BCUT2D eigenvalue weighted by atomic mass is 32.1. The second-order valence-corrected chi connectivity index (χ2v) is 15.3. The van der Waals surface area contributed by atoms with Crippen LogP contribution >= 0.6 is 11.3 Å².